The SMILES string of the molecule is CCC(C)(CC)[SiH](C)CCC[SiH](C)C(C)C. The summed E-state index contributed by atoms with van der Waals surface area (Å²) in [6, 6.07) is 3.17. The zero-order chi connectivity index (χ0) is 12.8. The molecule has 0 spiro atoms. The lowest BCUT2D eigenvalue weighted by Gasteiger charge is -2.33. The minimum atomic E-state index is -0.500. The maximum Gasteiger partial charge on any atom is 0.0398 e. The van der Waals surface area contributed by atoms with Gasteiger partial charge in [-0.2, -0.15) is 0 Å². The molecule has 0 aliphatic carbocycles. The van der Waals surface area contributed by atoms with Crippen LogP contribution in [0.3, 0.4) is 0 Å². The fourth-order valence-corrected chi connectivity index (χ4v) is 7.33. The molecule has 0 heterocycles. The maximum absolute atomic E-state index is 2.61. The molecular formula is C14H34Si2. The van der Waals surface area contributed by atoms with Gasteiger partial charge in [-0.25, -0.2) is 0 Å². The first-order valence-corrected chi connectivity index (χ1v) is 12.6. The van der Waals surface area contributed by atoms with Gasteiger partial charge in [-0.1, -0.05) is 84.6 Å². The summed E-state index contributed by atoms with van der Waals surface area (Å²) in [6.45, 7) is 17.3. The van der Waals surface area contributed by atoms with Gasteiger partial charge in [-0.05, 0) is 5.04 Å². The van der Waals surface area contributed by atoms with Crippen LogP contribution in [0.1, 0.15) is 53.9 Å². The van der Waals surface area contributed by atoms with Crippen molar-refractivity contribution in [2.75, 3.05) is 0 Å². The van der Waals surface area contributed by atoms with E-state index in [1.165, 1.54) is 19.3 Å². The van der Waals surface area contributed by atoms with Crippen molar-refractivity contribution in [2.45, 2.75) is 89.6 Å². The molecule has 0 aliphatic rings. The van der Waals surface area contributed by atoms with Crippen LogP contribution in [-0.4, -0.2) is 17.6 Å². The molecule has 2 heteroatoms. The van der Waals surface area contributed by atoms with E-state index in [9.17, 15) is 0 Å². The molecule has 16 heavy (non-hydrogen) atoms. The molecule has 0 nitrogen and oxygen atoms in total. The summed E-state index contributed by atoms with van der Waals surface area (Å²) in [5.74, 6) is 0. The van der Waals surface area contributed by atoms with Crippen LogP contribution in [0.5, 0.6) is 0 Å². The fourth-order valence-electron chi connectivity index (χ4n) is 2.37. The highest BCUT2D eigenvalue weighted by Gasteiger charge is 2.27. The van der Waals surface area contributed by atoms with Crippen molar-refractivity contribution in [1.82, 2.24) is 0 Å². The normalized spacial score (nSPS) is 16.5. The van der Waals surface area contributed by atoms with Gasteiger partial charge in [0, 0.05) is 17.6 Å². The van der Waals surface area contributed by atoms with Crippen LogP contribution in [0, 0.1) is 0 Å². The van der Waals surface area contributed by atoms with Gasteiger partial charge in [-0.3, -0.25) is 0 Å². The van der Waals surface area contributed by atoms with Crippen LogP contribution >= 0.6 is 0 Å². The van der Waals surface area contributed by atoms with E-state index in [1.54, 1.807) is 12.1 Å². The zero-order valence-corrected chi connectivity index (χ0v) is 15.1. The molecule has 0 saturated heterocycles. The molecule has 0 N–H and O–H groups in total. The Kier molecular flexibility index (Phi) is 7.91. The molecule has 0 aliphatic heterocycles. The van der Waals surface area contributed by atoms with Gasteiger partial charge in [0.15, 0.2) is 0 Å². The average Bonchev–Trinajstić information content (AvgIpc) is 2.27. The summed E-state index contributed by atoms with van der Waals surface area (Å²) < 4.78 is 0. The van der Waals surface area contributed by atoms with E-state index in [2.05, 4.69) is 47.7 Å². The summed E-state index contributed by atoms with van der Waals surface area (Å²) in [5, 5.41) is 0.725. The van der Waals surface area contributed by atoms with Crippen molar-refractivity contribution in [3.05, 3.63) is 0 Å². The van der Waals surface area contributed by atoms with E-state index in [4.69, 9.17) is 0 Å². The van der Waals surface area contributed by atoms with E-state index in [0.717, 1.165) is 10.6 Å². The second-order valence-electron chi connectivity index (χ2n) is 6.41. The third-order valence-electron chi connectivity index (χ3n) is 5.24. The third kappa shape index (κ3) is 5.18. The predicted molar refractivity (Wildman–Crippen MR) is 84.3 cm³/mol. The topological polar surface area (TPSA) is 0 Å². The molecule has 0 saturated carbocycles. The van der Waals surface area contributed by atoms with Gasteiger partial charge < -0.3 is 0 Å². The molecule has 0 aromatic rings. The van der Waals surface area contributed by atoms with Gasteiger partial charge >= 0.3 is 0 Å². The first kappa shape index (κ1) is 16.4. The quantitative estimate of drug-likeness (QED) is 0.533. The molecule has 0 aromatic heterocycles. The average molecular weight is 259 g/mol. The fraction of sp³-hybridized carbons (Fsp3) is 1.00. The first-order chi connectivity index (χ1) is 7.37. The Morgan fingerprint density at radius 2 is 1.50 bits per heavy atom. The second kappa shape index (κ2) is 7.70. The molecular weight excluding hydrogens is 224 g/mol. The van der Waals surface area contributed by atoms with Crippen LogP contribution in [0.25, 0.3) is 0 Å². The Labute approximate surface area is 107 Å². The highest BCUT2D eigenvalue weighted by atomic mass is 28.3. The highest BCUT2D eigenvalue weighted by Crippen LogP contribution is 2.39. The smallest absolute Gasteiger partial charge is 0.0398 e. The Hall–Kier alpha value is 0.434. The summed E-state index contributed by atoms with van der Waals surface area (Å²) in [4.78, 5) is 0. The summed E-state index contributed by atoms with van der Waals surface area (Å²) in [7, 11) is -0.884. The van der Waals surface area contributed by atoms with Gasteiger partial charge in [-0.15, -0.1) is 0 Å². The lowest BCUT2D eigenvalue weighted by Crippen LogP contribution is -2.26. The van der Waals surface area contributed by atoms with Crippen LogP contribution in [0.2, 0.25) is 35.8 Å². The maximum atomic E-state index is 2.61. The first-order valence-electron chi connectivity index (χ1n) is 7.37. The molecule has 98 valence electrons. The summed E-state index contributed by atoms with van der Waals surface area (Å²) in [5.41, 5.74) is 1.00. The van der Waals surface area contributed by atoms with Gasteiger partial charge in [0.1, 0.15) is 0 Å². The minimum absolute atomic E-state index is 0.384. The molecule has 0 amide bonds. The molecule has 0 fully saturated rings. The van der Waals surface area contributed by atoms with E-state index in [-0.39, 0.29) is 8.80 Å². The van der Waals surface area contributed by atoms with E-state index in [1.807, 2.05) is 0 Å². The van der Waals surface area contributed by atoms with Crippen molar-refractivity contribution in [2.24, 2.45) is 0 Å². The Bertz CT molecular complexity index is 174. The van der Waals surface area contributed by atoms with Crippen LogP contribution in [-0.2, 0) is 0 Å². The monoisotopic (exact) mass is 258 g/mol. The standard InChI is InChI=1S/C14H34Si2/c1-8-14(5,9-2)16(7)12-10-11-15(6)13(3)4/h13,15-16H,8-12H2,1-7H3. The molecule has 0 radical (unpaired) electrons. The van der Waals surface area contributed by atoms with Crippen molar-refractivity contribution in [3.63, 3.8) is 0 Å². The number of hydrogen-bond acceptors (Lipinski definition) is 0. The predicted octanol–water partition coefficient (Wildman–Crippen LogP) is 5.08. The molecule has 0 rings (SSSR count). The van der Waals surface area contributed by atoms with Crippen LogP contribution in [0.4, 0.5) is 0 Å². The van der Waals surface area contributed by atoms with Crippen molar-refractivity contribution in [3.8, 4) is 0 Å². The lowest BCUT2D eigenvalue weighted by atomic mass is 10.1. The van der Waals surface area contributed by atoms with Crippen LogP contribution < -0.4 is 0 Å². The molecule has 0 aromatic carbocycles. The summed E-state index contributed by atoms with van der Waals surface area (Å²) >= 11 is 0. The Morgan fingerprint density at radius 3 is 1.88 bits per heavy atom. The van der Waals surface area contributed by atoms with Crippen LogP contribution in [0.15, 0.2) is 0 Å². The molecule has 0 bridgehead atoms. The Morgan fingerprint density at radius 1 is 1.00 bits per heavy atom. The van der Waals surface area contributed by atoms with Gasteiger partial charge in [0.2, 0.25) is 0 Å². The highest BCUT2D eigenvalue weighted by molar-refractivity contribution is 6.61. The molecule has 2 atom stereocenters. The van der Waals surface area contributed by atoms with E-state index >= 15 is 0 Å². The largest absolute Gasteiger partial charge is 0.0718 e. The zero-order valence-electron chi connectivity index (χ0n) is 12.8. The minimum Gasteiger partial charge on any atom is -0.0718 e. The molecule has 2 unspecified atom stereocenters. The third-order valence-corrected chi connectivity index (χ3v) is 13.3. The van der Waals surface area contributed by atoms with Gasteiger partial charge in [0.05, 0.1) is 0 Å². The lowest BCUT2D eigenvalue weighted by molar-refractivity contribution is 0.549. The van der Waals surface area contributed by atoms with Crippen molar-refractivity contribution >= 4 is 17.6 Å². The van der Waals surface area contributed by atoms with Crippen molar-refractivity contribution < 1.29 is 0 Å². The summed E-state index contributed by atoms with van der Waals surface area (Å²) in [6.07, 6.45) is 4.33. The number of hydrogen-bond donors (Lipinski definition) is 0. The number of rotatable bonds is 8. The van der Waals surface area contributed by atoms with E-state index < -0.39 is 8.80 Å². The van der Waals surface area contributed by atoms with Crippen molar-refractivity contribution in [1.29, 1.82) is 0 Å². The van der Waals surface area contributed by atoms with Gasteiger partial charge in [0.25, 0.3) is 0 Å². The second-order valence-corrected chi connectivity index (χ2v) is 14.1. The van der Waals surface area contributed by atoms with E-state index in [0.29, 0.717) is 0 Å². The Balaban J connectivity index is 3.93.